The van der Waals surface area contributed by atoms with Gasteiger partial charge in [0.05, 0.1) is 35.2 Å². The lowest BCUT2D eigenvalue weighted by Crippen LogP contribution is -2.45. The van der Waals surface area contributed by atoms with Gasteiger partial charge in [-0.1, -0.05) is 12.1 Å². The topological polar surface area (TPSA) is 84.7 Å². The van der Waals surface area contributed by atoms with Crippen LogP contribution in [0.1, 0.15) is 33.6 Å². The van der Waals surface area contributed by atoms with Crippen LogP contribution in [-0.4, -0.2) is 58.0 Å². The van der Waals surface area contributed by atoms with Crippen LogP contribution in [0, 0.1) is 32.1 Å². The Morgan fingerprint density at radius 2 is 2.07 bits per heavy atom. The molecule has 1 aromatic carbocycles. The number of rotatable bonds is 3. The first kappa shape index (κ1) is 18.7. The molecule has 2 saturated heterocycles. The van der Waals surface area contributed by atoms with Gasteiger partial charge in [-0.15, -0.1) is 0 Å². The third-order valence-electron chi connectivity index (χ3n) is 6.25. The zero-order valence-electron chi connectivity index (χ0n) is 16.4. The van der Waals surface area contributed by atoms with E-state index in [1.54, 1.807) is 15.8 Å². The summed E-state index contributed by atoms with van der Waals surface area (Å²) in [5, 5.41) is 14.3. The van der Waals surface area contributed by atoms with Crippen LogP contribution in [0.2, 0.25) is 0 Å². The van der Waals surface area contributed by atoms with Gasteiger partial charge in [0.1, 0.15) is 0 Å². The van der Waals surface area contributed by atoms with Crippen molar-refractivity contribution in [2.45, 2.75) is 27.2 Å². The number of aromatic nitrogens is 2. The van der Waals surface area contributed by atoms with Gasteiger partial charge in [-0.3, -0.25) is 9.59 Å². The largest absolute Gasteiger partial charge is 0.481 e. The second-order valence-corrected chi connectivity index (χ2v) is 8.01. The fourth-order valence-corrected chi connectivity index (χ4v) is 4.43. The number of carbonyl (C=O) groups excluding carboxylic acids is 1. The van der Waals surface area contributed by atoms with Gasteiger partial charge in [0, 0.05) is 25.6 Å². The van der Waals surface area contributed by atoms with Crippen LogP contribution >= 0.6 is 0 Å². The summed E-state index contributed by atoms with van der Waals surface area (Å²) in [6.07, 6.45) is 2.03. The summed E-state index contributed by atoms with van der Waals surface area (Å²) in [6, 6.07) is 6.13. The number of carboxylic acid groups (broad SMARTS) is 1. The number of benzene rings is 1. The van der Waals surface area contributed by atoms with Crippen molar-refractivity contribution in [1.29, 1.82) is 0 Å². The molecule has 2 aliphatic rings. The molecule has 2 fully saturated rings. The highest BCUT2D eigenvalue weighted by atomic mass is 16.5. The Kier molecular flexibility index (Phi) is 4.50. The fraction of sp³-hybridized carbons (Fsp3) is 0.476. The highest BCUT2D eigenvalue weighted by molar-refractivity contribution is 5.96. The Hall–Kier alpha value is -2.67. The molecule has 2 atom stereocenters. The van der Waals surface area contributed by atoms with Gasteiger partial charge in [0.2, 0.25) is 0 Å². The van der Waals surface area contributed by atoms with Crippen molar-refractivity contribution >= 4 is 11.9 Å². The van der Waals surface area contributed by atoms with E-state index in [0.29, 0.717) is 31.7 Å². The smallest absolute Gasteiger partial charge is 0.311 e. The van der Waals surface area contributed by atoms with Crippen LogP contribution in [0.3, 0.4) is 0 Å². The van der Waals surface area contributed by atoms with Crippen molar-refractivity contribution in [2.24, 2.45) is 11.3 Å². The lowest BCUT2D eigenvalue weighted by Gasteiger charge is -2.33. The molecule has 148 valence electrons. The number of aliphatic carboxylic acids is 1. The quantitative estimate of drug-likeness (QED) is 0.880. The lowest BCUT2D eigenvalue weighted by molar-refractivity contribution is -0.157. The minimum absolute atomic E-state index is 0.163. The average Bonchev–Trinajstić information content (AvgIpc) is 3.25. The molecular weight excluding hydrogens is 358 g/mol. The maximum Gasteiger partial charge on any atom is 0.311 e. The predicted molar refractivity (Wildman–Crippen MR) is 103 cm³/mol. The molecule has 2 aliphatic heterocycles. The monoisotopic (exact) mass is 383 g/mol. The number of aryl methyl sites for hydroxylation is 2. The third-order valence-corrected chi connectivity index (χ3v) is 6.25. The summed E-state index contributed by atoms with van der Waals surface area (Å²) in [7, 11) is 0. The van der Waals surface area contributed by atoms with Crippen LogP contribution in [0.15, 0.2) is 24.4 Å². The molecule has 0 radical (unpaired) electrons. The standard InChI is InChI=1S/C21H25N3O4/c1-13-4-5-14(2)18(8-13)24-15(3)17(9-22-24)19(25)23-10-16-11-28-7-6-21(16,12-23)20(26)27/h4-5,8-9,16H,6-7,10-12H2,1-3H3,(H,26,27)/t16-,21+/m0/s1. The van der Waals surface area contributed by atoms with E-state index in [9.17, 15) is 14.7 Å². The van der Waals surface area contributed by atoms with Gasteiger partial charge >= 0.3 is 5.97 Å². The first-order chi connectivity index (χ1) is 13.3. The summed E-state index contributed by atoms with van der Waals surface area (Å²) in [4.78, 5) is 26.8. The average molecular weight is 383 g/mol. The van der Waals surface area contributed by atoms with Gasteiger partial charge < -0.3 is 14.7 Å². The molecule has 7 nitrogen and oxygen atoms in total. The lowest BCUT2D eigenvalue weighted by atomic mass is 9.74. The van der Waals surface area contributed by atoms with Crippen molar-refractivity contribution in [2.75, 3.05) is 26.3 Å². The van der Waals surface area contributed by atoms with E-state index in [-0.39, 0.29) is 18.4 Å². The second-order valence-electron chi connectivity index (χ2n) is 8.01. The van der Waals surface area contributed by atoms with E-state index in [0.717, 1.165) is 22.5 Å². The van der Waals surface area contributed by atoms with E-state index in [1.807, 2.05) is 39.0 Å². The normalized spacial score (nSPS) is 24.2. The fourth-order valence-electron chi connectivity index (χ4n) is 4.43. The summed E-state index contributed by atoms with van der Waals surface area (Å²) >= 11 is 0. The Labute approximate surface area is 163 Å². The number of hydrogen-bond acceptors (Lipinski definition) is 4. The maximum atomic E-state index is 13.2. The predicted octanol–water partition coefficient (Wildman–Crippen LogP) is 2.36. The molecule has 3 heterocycles. The van der Waals surface area contributed by atoms with E-state index in [2.05, 4.69) is 5.10 Å². The Bertz CT molecular complexity index is 951. The van der Waals surface area contributed by atoms with Crippen LogP contribution < -0.4 is 0 Å². The number of carboxylic acids is 1. The van der Waals surface area contributed by atoms with Crippen LogP contribution in [0.25, 0.3) is 5.69 Å². The van der Waals surface area contributed by atoms with Crippen molar-refractivity contribution in [3.8, 4) is 5.69 Å². The third kappa shape index (κ3) is 2.81. The highest BCUT2D eigenvalue weighted by Crippen LogP contribution is 2.43. The number of carbonyl (C=O) groups is 2. The molecule has 4 rings (SSSR count). The van der Waals surface area contributed by atoms with Crippen LogP contribution in [-0.2, 0) is 9.53 Å². The van der Waals surface area contributed by atoms with Gasteiger partial charge in [0.15, 0.2) is 0 Å². The molecule has 0 unspecified atom stereocenters. The Balaban J connectivity index is 1.64. The first-order valence-corrected chi connectivity index (χ1v) is 9.56. The van der Waals surface area contributed by atoms with E-state index < -0.39 is 11.4 Å². The van der Waals surface area contributed by atoms with Crippen molar-refractivity contribution in [1.82, 2.24) is 14.7 Å². The van der Waals surface area contributed by atoms with Gasteiger partial charge in [-0.05, 0) is 44.4 Å². The summed E-state index contributed by atoms with van der Waals surface area (Å²) in [5.41, 5.74) is 3.52. The summed E-state index contributed by atoms with van der Waals surface area (Å²) < 4.78 is 7.27. The summed E-state index contributed by atoms with van der Waals surface area (Å²) in [6.45, 7) is 7.35. The number of ether oxygens (including phenoxy) is 1. The van der Waals surface area contributed by atoms with E-state index in [1.165, 1.54) is 0 Å². The number of hydrogen-bond donors (Lipinski definition) is 1. The molecule has 2 aromatic rings. The molecule has 28 heavy (non-hydrogen) atoms. The SMILES string of the molecule is Cc1ccc(C)c(-n2ncc(C(=O)N3C[C@H]4COCC[C@@]4(C(=O)O)C3)c2C)c1. The van der Waals surface area contributed by atoms with Crippen molar-refractivity contribution < 1.29 is 19.4 Å². The zero-order chi connectivity index (χ0) is 20.1. The molecule has 0 saturated carbocycles. The van der Waals surface area contributed by atoms with Crippen LogP contribution in [0.4, 0.5) is 0 Å². The molecule has 1 amide bonds. The molecule has 0 bridgehead atoms. The van der Waals surface area contributed by atoms with Crippen molar-refractivity contribution in [3.05, 3.63) is 46.8 Å². The number of nitrogens with zero attached hydrogens (tertiary/aromatic N) is 3. The molecule has 0 aliphatic carbocycles. The molecule has 7 heteroatoms. The Morgan fingerprint density at radius 1 is 1.29 bits per heavy atom. The number of amides is 1. The number of fused-ring (bicyclic) bond motifs is 1. The van der Waals surface area contributed by atoms with Gasteiger partial charge in [-0.2, -0.15) is 5.10 Å². The minimum atomic E-state index is -0.898. The van der Waals surface area contributed by atoms with Crippen LogP contribution in [0.5, 0.6) is 0 Å². The minimum Gasteiger partial charge on any atom is -0.481 e. The molecule has 1 N–H and O–H groups in total. The number of likely N-dealkylation sites (tertiary alicyclic amines) is 1. The first-order valence-electron chi connectivity index (χ1n) is 9.56. The maximum absolute atomic E-state index is 13.2. The van der Waals surface area contributed by atoms with E-state index >= 15 is 0 Å². The second kappa shape index (κ2) is 6.74. The Morgan fingerprint density at radius 3 is 2.79 bits per heavy atom. The molecule has 1 aromatic heterocycles. The van der Waals surface area contributed by atoms with E-state index in [4.69, 9.17) is 4.74 Å². The van der Waals surface area contributed by atoms with Crippen molar-refractivity contribution in [3.63, 3.8) is 0 Å². The molecule has 0 spiro atoms. The highest BCUT2D eigenvalue weighted by Gasteiger charge is 2.55. The molecular formula is C21H25N3O4. The van der Waals surface area contributed by atoms with Gasteiger partial charge in [0.25, 0.3) is 5.91 Å². The zero-order valence-corrected chi connectivity index (χ0v) is 16.4. The van der Waals surface area contributed by atoms with Gasteiger partial charge in [-0.25, -0.2) is 4.68 Å². The summed E-state index contributed by atoms with van der Waals surface area (Å²) in [5.74, 6) is -1.17.